The summed E-state index contributed by atoms with van der Waals surface area (Å²) in [6.07, 6.45) is 32.3. The van der Waals surface area contributed by atoms with Gasteiger partial charge in [-0.25, -0.2) is 0 Å². The van der Waals surface area contributed by atoms with E-state index in [0.717, 1.165) is 38.5 Å². The third kappa shape index (κ3) is 119. The highest BCUT2D eigenvalue weighted by Crippen LogP contribution is 2.19. The minimum atomic E-state index is -0.899. The molecule has 40 heteroatoms. The smallest absolute Gasteiger partial charge is 0.306 e. The van der Waals surface area contributed by atoms with Crippen molar-refractivity contribution in [2.24, 2.45) is 17.4 Å². The molecule has 0 aromatic carbocycles. The summed E-state index contributed by atoms with van der Waals surface area (Å²) < 4.78 is 167. The van der Waals surface area contributed by atoms with Crippen molar-refractivity contribution in [3.63, 3.8) is 0 Å². The summed E-state index contributed by atoms with van der Waals surface area (Å²) in [5.74, 6) is -2.09. The SMILES string of the molecule is CCCCCCCCCCCCCCCC(=O)OCC(CSCC(N)C(=O)CC(CO)C(=O)CCCOCCOCCOCCOCCOCCOCCOCCOCCOCCOCCOCCOCCOCCOCCOCCOCCOCCOCCOCCOCCOCCOCCOCCOCCOCCOCCOCCOCCC(=O)CCC(N)=O)OC(=O)CCCCCCCCCCCCCCC. The Morgan fingerprint density at radius 3 is 0.669 bits per heavy atom. The molecule has 0 spiro atoms. The zero-order chi connectivity index (χ0) is 105. The van der Waals surface area contributed by atoms with Crippen LogP contribution in [0, 0.1) is 5.92 Å². The number of Topliss-reactive ketones (excluding diaryl/α,β-unsaturated/α-hetero) is 3. The molecule has 39 nitrogen and oxygen atoms in total. The largest absolute Gasteiger partial charge is 0.462 e. The number of ketones is 3. The first-order valence-corrected chi connectivity index (χ1v) is 56.0. The Kier molecular flexibility index (Phi) is 121. The van der Waals surface area contributed by atoms with Gasteiger partial charge in [-0.3, -0.25) is 28.8 Å². The molecule has 5 N–H and O–H groups in total. The monoisotopic (exact) mass is 2120 g/mol. The molecule has 0 heterocycles. The van der Waals surface area contributed by atoms with Crippen LogP contribution < -0.4 is 11.5 Å². The number of esters is 2. The molecule has 0 aliphatic carbocycles. The summed E-state index contributed by atoms with van der Waals surface area (Å²) >= 11 is 1.34. The average molecular weight is 2120 g/mol. The van der Waals surface area contributed by atoms with Crippen LogP contribution in [0.5, 0.6) is 0 Å². The fourth-order valence-electron chi connectivity index (χ4n) is 13.5. The second-order valence-electron chi connectivity index (χ2n) is 34.4. The maximum Gasteiger partial charge on any atom is 0.306 e. The number of ether oxygens (including phenoxy) is 30. The topological polar surface area (TPSA) is 452 Å². The molecular formula is C105H202N2O37S. The van der Waals surface area contributed by atoms with Crippen molar-refractivity contribution in [3.05, 3.63) is 0 Å². The Hall–Kier alpha value is -3.43. The van der Waals surface area contributed by atoms with E-state index in [1.807, 2.05) is 0 Å². The Balaban J connectivity index is 3.54. The number of rotatable bonds is 131. The number of nitrogens with two attached hydrogens (primary N) is 2. The maximum absolute atomic E-state index is 13.2. The van der Waals surface area contributed by atoms with Crippen molar-refractivity contribution < 1.29 is 176 Å². The summed E-state index contributed by atoms with van der Waals surface area (Å²) in [5, 5.41) is 10.1. The standard InChI is InChI=1S/C105H202N2O37S/c1-3-5-7-9-11-13-15-17-19-21-23-25-27-31-104(113)143-94-99(144-105(114)32-28-26-24-22-20-18-16-14-12-10-8-6-4-2)95-145-96-100(106)102(111)92-97(93-108)101(110)30-29-36-115-38-40-117-42-44-119-46-48-121-50-52-123-54-56-125-58-60-127-62-64-129-66-68-131-70-72-133-74-76-135-78-80-137-82-84-139-86-88-141-90-91-142-89-87-140-85-83-138-81-79-136-77-75-134-73-71-132-69-67-130-65-63-128-61-59-126-57-55-124-53-51-122-49-47-120-45-43-118-41-39-116-37-35-98(109)33-34-103(107)112/h97,99-100,108H,3-96,106H2,1-2H3,(H2,107,112). The maximum atomic E-state index is 13.2. The van der Waals surface area contributed by atoms with E-state index in [9.17, 15) is 33.9 Å². The van der Waals surface area contributed by atoms with Crippen LogP contribution in [0.1, 0.15) is 232 Å². The van der Waals surface area contributed by atoms with Crippen molar-refractivity contribution in [1.82, 2.24) is 0 Å². The molecule has 0 aromatic heterocycles. The van der Waals surface area contributed by atoms with Gasteiger partial charge in [-0.2, -0.15) is 11.8 Å². The van der Waals surface area contributed by atoms with Gasteiger partial charge in [0.15, 0.2) is 5.78 Å². The van der Waals surface area contributed by atoms with Crippen LogP contribution in [0.2, 0.25) is 0 Å². The zero-order valence-corrected chi connectivity index (χ0v) is 90.7. The van der Waals surface area contributed by atoms with Crippen LogP contribution in [0.25, 0.3) is 0 Å². The molecule has 3 atom stereocenters. The van der Waals surface area contributed by atoms with E-state index in [-0.39, 0.29) is 79.5 Å². The molecule has 0 saturated heterocycles. The van der Waals surface area contributed by atoms with Crippen molar-refractivity contribution >= 4 is 47.0 Å². The van der Waals surface area contributed by atoms with Crippen molar-refractivity contribution in [2.45, 2.75) is 244 Å². The number of aliphatic hydroxyl groups is 1. The number of carbonyl (C=O) groups is 6. The van der Waals surface area contributed by atoms with Crippen molar-refractivity contribution in [2.75, 3.05) is 395 Å². The van der Waals surface area contributed by atoms with Gasteiger partial charge < -0.3 is 159 Å². The lowest BCUT2D eigenvalue weighted by Crippen LogP contribution is -2.37. The van der Waals surface area contributed by atoms with Crippen molar-refractivity contribution in [3.8, 4) is 0 Å². The number of hydrogen-bond donors (Lipinski definition) is 3. The van der Waals surface area contributed by atoms with E-state index in [2.05, 4.69) is 13.8 Å². The third-order valence-electron chi connectivity index (χ3n) is 21.8. The van der Waals surface area contributed by atoms with Gasteiger partial charge >= 0.3 is 11.9 Å². The highest BCUT2D eigenvalue weighted by molar-refractivity contribution is 7.99. The molecule has 0 rings (SSSR count). The quantitative estimate of drug-likeness (QED) is 0.0376. The van der Waals surface area contributed by atoms with Gasteiger partial charge in [0.05, 0.1) is 376 Å². The van der Waals surface area contributed by atoms with Gasteiger partial charge in [-0.15, -0.1) is 0 Å². The van der Waals surface area contributed by atoms with Gasteiger partial charge in [0.25, 0.3) is 0 Å². The van der Waals surface area contributed by atoms with Crippen LogP contribution in [0.3, 0.4) is 0 Å². The summed E-state index contributed by atoms with van der Waals surface area (Å²) in [6.45, 7) is 28.8. The van der Waals surface area contributed by atoms with Crippen LogP contribution in [-0.2, 0) is 171 Å². The van der Waals surface area contributed by atoms with Crippen LogP contribution >= 0.6 is 11.8 Å². The van der Waals surface area contributed by atoms with Gasteiger partial charge in [0.1, 0.15) is 24.3 Å². The minimum Gasteiger partial charge on any atom is -0.462 e. The molecule has 0 radical (unpaired) electrons. The van der Waals surface area contributed by atoms with Gasteiger partial charge in [-0.1, -0.05) is 168 Å². The summed E-state index contributed by atoms with van der Waals surface area (Å²) in [7, 11) is 0. The Morgan fingerprint density at radius 2 is 0.441 bits per heavy atom. The number of primary amides is 1. The number of unbranched alkanes of at least 4 members (excludes halogenated alkanes) is 24. The molecule has 1 amide bonds. The molecular weight excluding hydrogens is 1910 g/mol. The first-order valence-electron chi connectivity index (χ1n) is 54.8. The Labute approximate surface area is 875 Å². The number of amides is 1. The van der Waals surface area contributed by atoms with Gasteiger partial charge in [0, 0.05) is 69.0 Å². The van der Waals surface area contributed by atoms with Gasteiger partial charge in [-0.05, 0) is 19.3 Å². The first-order chi connectivity index (χ1) is 71.5. The normalized spacial score (nSPS) is 12.3. The fraction of sp³-hybridized carbons (Fsp3) is 0.943. The molecule has 0 aliphatic rings. The number of thioether (sulfide) groups is 1. The lowest BCUT2D eigenvalue weighted by atomic mass is 9.93. The molecule has 0 aromatic rings. The molecule has 0 bridgehead atoms. The Morgan fingerprint density at radius 1 is 0.228 bits per heavy atom. The average Bonchev–Trinajstić information content (AvgIpc) is 0.903. The van der Waals surface area contributed by atoms with E-state index in [1.165, 1.54) is 140 Å². The van der Waals surface area contributed by atoms with Gasteiger partial charge in [0.2, 0.25) is 5.91 Å². The number of aliphatic hydroxyl groups excluding tert-OH is 1. The Bertz CT molecular complexity index is 2640. The van der Waals surface area contributed by atoms with Crippen LogP contribution in [-0.4, -0.2) is 447 Å². The summed E-state index contributed by atoms with van der Waals surface area (Å²) in [4.78, 5) is 74.4. The van der Waals surface area contributed by atoms with Crippen molar-refractivity contribution in [1.29, 1.82) is 0 Å². The number of carbonyl (C=O) groups excluding carboxylic acids is 6. The lowest BCUT2D eigenvalue weighted by Gasteiger charge is -2.19. The lowest BCUT2D eigenvalue weighted by molar-refractivity contribution is -0.157. The van der Waals surface area contributed by atoms with Crippen LogP contribution in [0.15, 0.2) is 0 Å². The van der Waals surface area contributed by atoms with E-state index in [4.69, 9.17) is 154 Å². The molecule has 3 unspecified atom stereocenters. The third-order valence-corrected chi connectivity index (χ3v) is 23.0. The van der Waals surface area contributed by atoms with E-state index >= 15 is 0 Å². The molecule has 0 saturated carbocycles. The highest BCUT2D eigenvalue weighted by Gasteiger charge is 2.26. The van der Waals surface area contributed by atoms with E-state index in [0.29, 0.717) is 389 Å². The highest BCUT2D eigenvalue weighted by atomic mass is 32.2. The number of hydrogen-bond acceptors (Lipinski definition) is 39. The second kappa shape index (κ2) is 124. The second-order valence-corrected chi connectivity index (χ2v) is 35.5. The fourth-order valence-corrected chi connectivity index (χ4v) is 14.5. The molecule has 145 heavy (non-hydrogen) atoms. The van der Waals surface area contributed by atoms with Crippen LogP contribution in [0.4, 0.5) is 0 Å². The predicted molar refractivity (Wildman–Crippen MR) is 552 cm³/mol. The molecule has 860 valence electrons. The minimum absolute atomic E-state index is 0.0462. The zero-order valence-electron chi connectivity index (χ0n) is 89.9. The predicted octanol–water partition coefficient (Wildman–Crippen LogP) is 11.1. The van der Waals surface area contributed by atoms with E-state index in [1.54, 1.807) is 0 Å². The van der Waals surface area contributed by atoms with E-state index < -0.39 is 30.6 Å². The summed E-state index contributed by atoms with van der Waals surface area (Å²) in [5.41, 5.74) is 11.4. The molecule has 0 fully saturated rings. The summed E-state index contributed by atoms with van der Waals surface area (Å²) in [6, 6.07) is -0.899. The molecule has 0 aliphatic heterocycles. The first kappa shape index (κ1) is 142.